The number of aromatic amines is 1. The Bertz CT molecular complexity index is 1220. The van der Waals surface area contributed by atoms with E-state index in [2.05, 4.69) is 26.9 Å². The van der Waals surface area contributed by atoms with Gasteiger partial charge in [0.2, 0.25) is 0 Å². The zero-order valence-corrected chi connectivity index (χ0v) is 17.0. The fourth-order valence-corrected chi connectivity index (χ4v) is 3.81. The average Bonchev–Trinajstić information content (AvgIpc) is 3.16. The van der Waals surface area contributed by atoms with Crippen LogP contribution in [0.5, 0.6) is 0 Å². The first-order valence-electron chi connectivity index (χ1n) is 10.2. The smallest absolute Gasteiger partial charge is 0.262 e. The Labute approximate surface area is 173 Å². The largest absolute Gasteiger partial charge is 0.387 e. The summed E-state index contributed by atoms with van der Waals surface area (Å²) in [5.74, 6) is -0.159. The number of aryl methyl sites for hydroxylation is 2. The molecule has 1 aliphatic heterocycles. The normalized spacial score (nSPS) is 13.5. The highest BCUT2D eigenvalue weighted by Crippen LogP contribution is 2.24. The maximum atomic E-state index is 13.1. The third-order valence-electron chi connectivity index (χ3n) is 5.40. The van der Waals surface area contributed by atoms with Crippen LogP contribution in [0.3, 0.4) is 0 Å². The molecule has 156 valence electrons. The number of aromatic nitrogens is 3. The lowest BCUT2D eigenvalue weighted by molar-refractivity contribution is 0.0954. The molecule has 0 saturated heterocycles. The maximum Gasteiger partial charge on any atom is 0.262 e. The number of carbonyl (C=O) groups is 1. The Kier molecular flexibility index (Phi) is 5.67. The SMILES string of the molecule is Cc1[nH]nc2c1c(=O)n(CCCN)c1cc(C(=O)NCCC3=CC=CNC3)ccc21. The van der Waals surface area contributed by atoms with E-state index >= 15 is 0 Å². The van der Waals surface area contributed by atoms with Gasteiger partial charge < -0.3 is 20.9 Å². The van der Waals surface area contributed by atoms with Crippen molar-refractivity contribution >= 4 is 27.7 Å². The predicted octanol–water partition coefficient (Wildman–Crippen LogP) is 1.70. The number of hydrogen-bond donors (Lipinski definition) is 4. The second kappa shape index (κ2) is 8.54. The topological polar surface area (TPSA) is 118 Å². The van der Waals surface area contributed by atoms with E-state index < -0.39 is 0 Å². The third kappa shape index (κ3) is 3.73. The number of dihydropyridines is 1. The molecule has 3 aromatic rings. The van der Waals surface area contributed by atoms with Gasteiger partial charge in [-0.05, 0) is 62.4 Å². The molecular weight excluding hydrogens is 380 g/mol. The molecule has 0 bridgehead atoms. The summed E-state index contributed by atoms with van der Waals surface area (Å²) in [5.41, 5.74) is 9.39. The highest BCUT2D eigenvalue weighted by molar-refractivity contribution is 6.06. The molecule has 0 fully saturated rings. The monoisotopic (exact) mass is 406 g/mol. The minimum absolute atomic E-state index is 0.112. The van der Waals surface area contributed by atoms with Crippen molar-refractivity contribution in [2.75, 3.05) is 19.6 Å². The Morgan fingerprint density at radius 1 is 1.37 bits per heavy atom. The molecule has 8 nitrogen and oxygen atoms in total. The summed E-state index contributed by atoms with van der Waals surface area (Å²) in [6.45, 7) is 4.16. The molecular formula is C22H26N6O2. The molecule has 30 heavy (non-hydrogen) atoms. The molecule has 0 unspecified atom stereocenters. The lowest BCUT2D eigenvalue weighted by Gasteiger charge is -2.13. The second-order valence-corrected chi connectivity index (χ2v) is 7.47. The van der Waals surface area contributed by atoms with E-state index in [9.17, 15) is 9.59 Å². The summed E-state index contributed by atoms with van der Waals surface area (Å²) in [6, 6.07) is 5.42. The van der Waals surface area contributed by atoms with Crippen molar-refractivity contribution in [3.05, 3.63) is 63.7 Å². The van der Waals surface area contributed by atoms with Crippen molar-refractivity contribution in [1.29, 1.82) is 0 Å². The first-order valence-corrected chi connectivity index (χ1v) is 10.2. The van der Waals surface area contributed by atoms with Crippen molar-refractivity contribution in [3.63, 3.8) is 0 Å². The molecule has 1 amide bonds. The molecule has 5 N–H and O–H groups in total. The van der Waals surface area contributed by atoms with Gasteiger partial charge in [-0.1, -0.05) is 6.08 Å². The van der Waals surface area contributed by atoms with Gasteiger partial charge in [0, 0.05) is 36.3 Å². The van der Waals surface area contributed by atoms with Crippen LogP contribution < -0.4 is 21.9 Å². The molecule has 0 atom stereocenters. The maximum absolute atomic E-state index is 13.1. The first-order chi connectivity index (χ1) is 14.6. The predicted molar refractivity (Wildman–Crippen MR) is 118 cm³/mol. The summed E-state index contributed by atoms with van der Waals surface area (Å²) in [4.78, 5) is 25.8. The van der Waals surface area contributed by atoms with Gasteiger partial charge in [0.25, 0.3) is 11.5 Å². The van der Waals surface area contributed by atoms with Crippen LogP contribution in [0.25, 0.3) is 21.8 Å². The summed E-state index contributed by atoms with van der Waals surface area (Å²) in [7, 11) is 0. The number of carbonyl (C=O) groups excluding carboxylic acids is 1. The lowest BCUT2D eigenvalue weighted by Crippen LogP contribution is -2.27. The molecule has 0 radical (unpaired) electrons. The quantitative estimate of drug-likeness (QED) is 0.476. The standard InChI is InChI=1S/C22H26N6O2/c1-14-19-20(27-26-14)17-6-5-16(12-18(17)28(22(19)30)11-3-8-23)21(29)25-10-7-15-4-2-9-24-13-15/h2,4-6,9,12,24H,3,7-8,10-11,13,23H2,1H3,(H,25,29)(H,26,27). The second-order valence-electron chi connectivity index (χ2n) is 7.47. The van der Waals surface area contributed by atoms with Gasteiger partial charge in [0.05, 0.1) is 10.9 Å². The molecule has 4 rings (SSSR count). The number of allylic oxidation sites excluding steroid dienone is 2. The fourth-order valence-electron chi connectivity index (χ4n) is 3.81. The molecule has 3 heterocycles. The van der Waals surface area contributed by atoms with Crippen molar-refractivity contribution < 1.29 is 4.79 Å². The minimum Gasteiger partial charge on any atom is -0.387 e. The Morgan fingerprint density at radius 3 is 3.00 bits per heavy atom. The van der Waals surface area contributed by atoms with Crippen LogP contribution >= 0.6 is 0 Å². The highest BCUT2D eigenvalue weighted by Gasteiger charge is 2.17. The number of H-pyrrole nitrogens is 1. The van der Waals surface area contributed by atoms with Gasteiger partial charge in [0.1, 0.15) is 5.52 Å². The van der Waals surface area contributed by atoms with Crippen LogP contribution in [0.2, 0.25) is 0 Å². The summed E-state index contributed by atoms with van der Waals surface area (Å²) >= 11 is 0. The average molecular weight is 406 g/mol. The highest BCUT2D eigenvalue weighted by atomic mass is 16.1. The molecule has 0 aliphatic carbocycles. The van der Waals surface area contributed by atoms with Gasteiger partial charge in [-0.25, -0.2) is 0 Å². The Balaban J connectivity index is 1.66. The molecule has 0 saturated carbocycles. The minimum atomic E-state index is -0.159. The van der Waals surface area contributed by atoms with Crippen molar-refractivity contribution in [2.24, 2.45) is 5.73 Å². The van der Waals surface area contributed by atoms with Crippen LogP contribution in [0.1, 0.15) is 28.9 Å². The number of nitrogens with one attached hydrogen (secondary N) is 3. The molecule has 0 spiro atoms. The summed E-state index contributed by atoms with van der Waals surface area (Å²) in [6.07, 6.45) is 7.38. The van der Waals surface area contributed by atoms with E-state index in [4.69, 9.17) is 5.73 Å². The van der Waals surface area contributed by atoms with E-state index in [1.807, 2.05) is 25.3 Å². The van der Waals surface area contributed by atoms with E-state index in [1.54, 1.807) is 16.7 Å². The molecule has 8 heteroatoms. The first kappa shape index (κ1) is 19.9. The fraction of sp³-hybridized carbons (Fsp3) is 0.318. The van der Waals surface area contributed by atoms with Crippen LogP contribution in [-0.2, 0) is 6.54 Å². The van der Waals surface area contributed by atoms with Crippen molar-refractivity contribution in [1.82, 2.24) is 25.4 Å². The van der Waals surface area contributed by atoms with Gasteiger partial charge in [-0.2, -0.15) is 5.10 Å². The molecule has 1 aromatic carbocycles. The number of amides is 1. The Hall–Kier alpha value is -3.39. The summed E-state index contributed by atoms with van der Waals surface area (Å²) in [5, 5.41) is 14.8. The zero-order valence-electron chi connectivity index (χ0n) is 17.0. The number of hydrogen-bond acceptors (Lipinski definition) is 5. The van der Waals surface area contributed by atoms with Crippen molar-refractivity contribution in [2.45, 2.75) is 26.3 Å². The third-order valence-corrected chi connectivity index (χ3v) is 5.40. The van der Waals surface area contributed by atoms with Crippen LogP contribution in [-0.4, -0.2) is 40.3 Å². The number of rotatable bonds is 7. The van der Waals surface area contributed by atoms with Crippen LogP contribution in [0.4, 0.5) is 0 Å². The van der Waals surface area contributed by atoms with Gasteiger partial charge >= 0.3 is 0 Å². The summed E-state index contributed by atoms with van der Waals surface area (Å²) < 4.78 is 1.70. The number of benzene rings is 1. The number of pyridine rings is 1. The van der Waals surface area contributed by atoms with E-state index in [0.29, 0.717) is 48.0 Å². The number of nitrogens with zero attached hydrogens (tertiary/aromatic N) is 2. The van der Waals surface area contributed by atoms with Gasteiger partial charge in [-0.15, -0.1) is 0 Å². The van der Waals surface area contributed by atoms with E-state index in [1.165, 1.54) is 5.57 Å². The van der Waals surface area contributed by atoms with Gasteiger partial charge in [-0.3, -0.25) is 14.7 Å². The van der Waals surface area contributed by atoms with E-state index in [-0.39, 0.29) is 11.5 Å². The Morgan fingerprint density at radius 2 is 2.23 bits per heavy atom. The molecule has 1 aliphatic rings. The van der Waals surface area contributed by atoms with E-state index in [0.717, 1.165) is 24.0 Å². The zero-order chi connectivity index (χ0) is 21.1. The lowest BCUT2D eigenvalue weighted by atomic mass is 10.1. The number of fused-ring (bicyclic) bond motifs is 3. The van der Waals surface area contributed by atoms with Crippen LogP contribution in [0.15, 0.2) is 46.9 Å². The number of nitrogens with two attached hydrogens (primary N) is 1. The van der Waals surface area contributed by atoms with Crippen LogP contribution in [0, 0.1) is 6.92 Å². The van der Waals surface area contributed by atoms with Gasteiger partial charge in [0.15, 0.2) is 0 Å². The van der Waals surface area contributed by atoms with Crippen molar-refractivity contribution in [3.8, 4) is 0 Å². The molecule has 2 aromatic heterocycles.